The van der Waals surface area contributed by atoms with Crippen molar-refractivity contribution in [2.75, 3.05) is 18.6 Å². The van der Waals surface area contributed by atoms with Crippen molar-refractivity contribution >= 4 is 17.6 Å². The SMILES string of the molecule is C#CN(C(=O)[C@@H]1CCCN1Cc1ccccc1)c1ccccc1C(C=C[C@@](C)(CCCC=C)C(=O)OC)(CC)c1ccccc1. The summed E-state index contributed by atoms with van der Waals surface area (Å²) < 4.78 is 5.28. The third kappa shape index (κ3) is 7.47. The third-order valence-corrected chi connectivity index (χ3v) is 9.19. The van der Waals surface area contributed by atoms with Crippen molar-refractivity contribution in [2.45, 2.75) is 70.4 Å². The molecule has 0 N–H and O–H groups in total. The molecule has 3 aromatic rings. The second kappa shape index (κ2) is 15.5. The van der Waals surface area contributed by atoms with Crippen molar-refractivity contribution in [3.63, 3.8) is 0 Å². The molecular weight excluding hydrogens is 556 g/mol. The number of allylic oxidation sites excluding steroid dienone is 2. The van der Waals surface area contributed by atoms with Crippen LogP contribution in [0.3, 0.4) is 0 Å². The minimum absolute atomic E-state index is 0.0933. The molecule has 1 saturated heterocycles. The van der Waals surface area contributed by atoms with Crippen molar-refractivity contribution < 1.29 is 14.3 Å². The van der Waals surface area contributed by atoms with E-state index in [0.717, 1.165) is 43.4 Å². The Balaban J connectivity index is 1.80. The number of para-hydroxylation sites is 1. The van der Waals surface area contributed by atoms with Crippen LogP contribution in [0.15, 0.2) is 110 Å². The molecule has 45 heavy (non-hydrogen) atoms. The van der Waals surface area contributed by atoms with E-state index in [1.165, 1.54) is 17.6 Å². The minimum atomic E-state index is -0.842. The van der Waals surface area contributed by atoms with Crippen LogP contribution in [0.4, 0.5) is 5.69 Å². The highest BCUT2D eigenvalue weighted by Gasteiger charge is 2.39. The first-order valence-electron chi connectivity index (χ1n) is 16.0. The lowest BCUT2D eigenvalue weighted by Gasteiger charge is -2.36. The van der Waals surface area contributed by atoms with E-state index in [2.05, 4.69) is 60.9 Å². The standard InChI is InChI=1S/C40H46N2O3/c1-6-9-18-27-39(4,38(44)45-5)28-29-40(7-2,33-22-14-11-15-23-33)34-24-16-17-25-35(34)42(8-3)37(43)36-26-19-30-41(36)31-32-20-12-10-13-21-32/h3,6,10-17,20-25,28-29,36H,1,7,9,18-19,26-27,30-31H2,2,4-5H3/t36-,39+,40?/m0/s1. The fourth-order valence-electron chi connectivity index (χ4n) is 6.58. The minimum Gasteiger partial charge on any atom is -0.468 e. The number of anilines is 1. The highest BCUT2D eigenvalue weighted by Crippen LogP contribution is 2.44. The lowest BCUT2D eigenvalue weighted by atomic mass is 9.69. The molecule has 1 aliphatic rings. The molecular formula is C40H46N2O3. The first kappa shape index (κ1) is 33.5. The molecule has 0 bridgehead atoms. The quantitative estimate of drug-likeness (QED) is 0.0616. The number of ether oxygens (including phenoxy) is 1. The fraction of sp³-hybridized carbons (Fsp3) is 0.350. The number of nitrogens with zero attached hydrogens (tertiary/aromatic N) is 2. The predicted molar refractivity (Wildman–Crippen MR) is 183 cm³/mol. The zero-order valence-electron chi connectivity index (χ0n) is 27.0. The number of likely N-dealkylation sites (tertiary alicyclic amines) is 1. The van der Waals surface area contributed by atoms with Gasteiger partial charge in [-0.15, -0.1) is 6.58 Å². The maximum absolute atomic E-state index is 14.3. The number of unbranched alkanes of at least 4 members (excludes halogenated alkanes) is 1. The van der Waals surface area contributed by atoms with Crippen LogP contribution in [0.1, 0.15) is 69.1 Å². The molecule has 1 unspecified atom stereocenters. The number of hydrogen-bond donors (Lipinski definition) is 0. The van der Waals surface area contributed by atoms with Gasteiger partial charge in [0.1, 0.15) is 0 Å². The Morgan fingerprint density at radius 2 is 1.71 bits per heavy atom. The number of benzene rings is 3. The second-order valence-electron chi connectivity index (χ2n) is 12.0. The van der Waals surface area contributed by atoms with Gasteiger partial charge in [0, 0.05) is 18.0 Å². The first-order chi connectivity index (χ1) is 21.8. The van der Waals surface area contributed by atoms with Gasteiger partial charge in [0.15, 0.2) is 0 Å². The molecule has 0 spiro atoms. The van der Waals surface area contributed by atoms with Gasteiger partial charge in [-0.1, -0.05) is 110 Å². The monoisotopic (exact) mass is 602 g/mol. The van der Waals surface area contributed by atoms with Gasteiger partial charge in [-0.25, -0.2) is 4.90 Å². The van der Waals surface area contributed by atoms with E-state index in [-0.39, 0.29) is 17.9 Å². The maximum Gasteiger partial charge on any atom is 0.315 e. The lowest BCUT2D eigenvalue weighted by molar-refractivity contribution is -0.149. The smallest absolute Gasteiger partial charge is 0.315 e. The van der Waals surface area contributed by atoms with Gasteiger partial charge >= 0.3 is 5.97 Å². The number of esters is 1. The topological polar surface area (TPSA) is 49.9 Å². The highest BCUT2D eigenvalue weighted by molar-refractivity contribution is 6.01. The summed E-state index contributed by atoms with van der Waals surface area (Å²) in [6.07, 6.45) is 16.8. The van der Waals surface area contributed by atoms with Crippen LogP contribution < -0.4 is 4.90 Å². The number of carbonyl (C=O) groups excluding carboxylic acids is 2. The largest absolute Gasteiger partial charge is 0.468 e. The van der Waals surface area contributed by atoms with E-state index in [0.29, 0.717) is 25.1 Å². The van der Waals surface area contributed by atoms with E-state index < -0.39 is 10.8 Å². The molecule has 1 fully saturated rings. The van der Waals surface area contributed by atoms with Crippen LogP contribution in [0, 0.1) is 17.9 Å². The Hall–Kier alpha value is -4.40. The van der Waals surface area contributed by atoms with E-state index >= 15 is 0 Å². The predicted octanol–water partition coefficient (Wildman–Crippen LogP) is 8.06. The van der Waals surface area contributed by atoms with Crippen LogP contribution in [0.5, 0.6) is 0 Å². The zero-order valence-corrected chi connectivity index (χ0v) is 27.0. The molecule has 0 radical (unpaired) electrons. The number of carbonyl (C=O) groups is 2. The molecule has 5 nitrogen and oxygen atoms in total. The molecule has 1 aliphatic heterocycles. The number of methoxy groups -OCH3 is 1. The molecule has 4 rings (SSSR count). The molecule has 0 saturated carbocycles. The fourth-order valence-corrected chi connectivity index (χ4v) is 6.58. The molecule has 1 amide bonds. The lowest BCUT2D eigenvalue weighted by Crippen LogP contribution is -2.44. The van der Waals surface area contributed by atoms with Gasteiger partial charge < -0.3 is 4.74 Å². The van der Waals surface area contributed by atoms with Gasteiger partial charge in [0.2, 0.25) is 0 Å². The van der Waals surface area contributed by atoms with Gasteiger partial charge in [0.05, 0.1) is 24.3 Å². The average molecular weight is 603 g/mol. The summed E-state index contributed by atoms with van der Waals surface area (Å²) in [7, 11) is 1.43. The van der Waals surface area contributed by atoms with Crippen molar-refractivity contribution in [1.29, 1.82) is 0 Å². The molecule has 5 heteroatoms. The Morgan fingerprint density at radius 3 is 2.36 bits per heavy atom. The molecule has 0 aliphatic carbocycles. The highest BCUT2D eigenvalue weighted by atomic mass is 16.5. The molecule has 0 aromatic heterocycles. The van der Waals surface area contributed by atoms with Crippen LogP contribution in [0.2, 0.25) is 0 Å². The Kier molecular flexibility index (Phi) is 11.6. The van der Waals surface area contributed by atoms with E-state index in [1.54, 1.807) is 0 Å². The Bertz CT molecular complexity index is 1510. The summed E-state index contributed by atoms with van der Waals surface area (Å²) in [4.78, 5) is 31.2. The zero-order chi connectivity index (χ0) is 32.3. The van der Waals surface area contributed by atoms with E-state index in [1.807, 2.05) is 73.7 Å². The summed E-state index contributed by atoms with van der Waals surface area (Å²) in [6.45, 7) is 9.43. The van der Waals surface area contributed by atoms with Gasteiger partial charge in [0.25, 0.3) is 5.91 Å². The normalized spacial score (nSPS) is 17.6. The third-order valence-electron chi connectivity index (χ3n) is 9.19. The van der Waals surface area contributed by atoms with E-state index in [4.69, 9.17) is 11.2 Å². The maximum atomic E-state index is 14.3. The number of amides is 1. The number of rotatable bonds is 14. The molecule has 1 heterocycles. The van der Waals surface area contributed by atoms with Crippen LogP contribution >= 0.6 is 0 Å². The summed E-state index contributed by atoms with van der Waals surface area (Å²) in [6, 6.07) is 30.8. The van der Waals surface area contributed by atoms with Crippen molar-refractivity contribution in [3.05, 3.63) is 126 Å². The molecule has 3 atom stereocenters. The van der Waals surface area contributed by atoms with Gasteiger partial charge in [-0.2, -0.15) is 0 Å². The van der Waals surface area contributed by atoms with Crippen molar-refractivity contribution in [2.24, 2.45) is 5.41 Å². The van der Waals surface area contributed by atoms with Crippen LogP contribution in [-0.2, 0) is 26.3 Å². The van der Waals surface area contributed by atoms with Crippen molar-refractivity contribution in [3.8, 4) is 12.5 Å². The Morgan fingerprint density at radius 1 is 1.04 bits per heavy atom. The summed E-state index contributed by atoms with van der Waals surface area (Å²) in [5, 5.41) is 0. The van der Waals surface area contributed by atoms with Gasteiger partial charge in [-0.3, -0.25) is 14.5 Å². The summed E-state index contributed by atoms with van der Waals surface area (Å²) >= 11 is 0. The first-order valence-corrected chi connectivity index (χ1v) is 16.0. The average Bonchev–Trinajstić information content (AvgIpc) is 3.54. The van der Waals surface area contributed by atoms with Crippen LogP contribution in [0.25, 0.3) is 0 Å². The van der Waals surface area contributed by atoms with Crippen LogP contribution in [-0.4, -0.2) is 36.5 Å². The second-order valence-corrected chi connectivity index (χ2v) is 12.0. The molecule has 3 aromatic carbocycles. The molecule has 234 valence electrons. The Labute approximate surface area is 269 Å². The van der Waals surface area contributed by atoms with Crippen molar-refractivity contribution in [1.82, 2.24) is 4.90 Å². The van der Waals surface area contributed by atoms with Gasteiger partial charge in [-0.05, 0) is 74.8 Å². The van der Waals surface area contributed by atoms with E-state index in [9.17, 15) is 9.59 Å². The number of hydrogen-bond acceptors (Lipinski definition) is 4. The summed E-state index contributed by atoms with van der Waals surface area (Å²) in [5.41, 5.74) is 2.29. The summed E-state index contributed by atoms with van der Waals surface area (Å²) in [5.74, 6) is -0.376. The number of terminal acetylenes is 1.